The number of ether oxygens (including phenoxy) is 1. The number of nitrogens with zero attached hydrogens (tertiary/aromatic N) is 1. The molecule has 0 aromatic heterocycles. The Morgan fingerprint density at radius 2 is 1.61 bits per heavy atom. The van der Waals surface area contributed by atoms with Crippen LogP contribution in [0.2, 0.25) is 0 Å². The Morgan fingerprint density at radius 1 is 0.957 bits per heavy atom. The summed E-state index contributed by atoms with van der Waals surface area (Å²) in [5.41, 5.74) is 7.39. The highest BCUT2D eigenvalue weighted by atomic mass is 35.5. The molecular weight excluding hydrogens is 308 g/mol. The van der Waals surface area contributed by atoms with Gasteiger partial charge in [-0.2, -0.15) is 0 Å². The molecule has 1 aliphatic heterocycles. The van der Waals surface area contributed by atoms with Crippen molar-refractivity contribution in [2.45, 2.75) is 5.92 Å². The average molecular weight is 333 g/mol. The summed E-state index contributed by atoms with van der Waals surface area (Å²) in [6, 6.07) is 20.7. The molecule has 0 unspecified atom stereocenters. The van der Waals surface area contributed by atoms with Crippen LogP contribution in [0.25, 0.3) is 0 Å². The SMILES string of the molecule is Cl.NC[C@@H]1CN(CCOc2ccccc2)C[C@H]1c1ccccc1. The first-order chi connectivity index (χ1) is 10.9. The van der Waals surface area contributed by atoms with Crippen LogP contribution in [-0.4, -0.2) is 37.7 Å². The van der Waals surface area contributed by atoms with Crippen LogP contribution in [0.3, 0.4) is 0 Å². The number of rotatable bonds is 6. The molecule has 1 aliphatic rings. The van der Waals surface area contributed by atoms with E-state index in [2.05, 4.69) is 35.2 Å². The first-order valence-electron chi connectivity index (χ1n) is 8.02. The van der Waals surface area contributed by atoms with E-state index in [9.17, 15) is 0 Å². The van der Waals surface area contributed by atoms with Crippen molar-refractivity contribution in [1.29, 1.82) is 0 Å². The maximum Gasteiger partial charge on any atom is 0.119 e. The summed E-state index contributed by atoms with van der Waals surface area (Å²) in [4.78, 5) is 2.47. The van der Waals surface area contributed by atoms with E-state index < -0.39 is 0 Å². The second-order valence-electron chi connectivity index (χ2n) is 5.93. The van der Waals surface area contributed by atoms with Gasteiger partial charge in [-0.05, 0) is 30.2 Å². The van der Waals surface area contributed by atoms with Crippen molar-refractivity contribution in [1.82, 2.24) is 4.90 Å². The Bertz CT molecular complexity index is 564. The van der Waals surface area contributed by atoms with Crippen molar-refractivity contribution >= 4 is 12.4 Å². The molecule has 1 heterocycles. The molecule has 3 rings (SSSR count). The van der Waals surface area contributed by atoms with Crippen molar-refractivity contribution in [3.63, 3.8) is 0 Å². The van der Waals surface area contributed by atoms with Crippen LogP contribution in [0.4, 0.5) is 0 Å². The fourth-order valence-corrected chi connectivity index (χ4v) is 3.27. The van der Waals surface area contributed by atoms with Gasteiger partial charge in [0.1, 0.15) is 12.4 Å². The Hall–Kier alpha value is -1.55. The lowest BCUT2D eigenvalue weighted by atomic mass is 9.89. The van der Waals surface area contributed by atoms with Gasteiger partial charge in [-0.15, -0.1) is 12.4 Å². The highest BCUT2D eigenvalue weighted by Crippen LogP contribution is 2.31. The molecule has 2 atom stereocenters. The minimum atomic E-state index is 0. The molecule has 1 saturated heterocycles. The predicted octanol–water partition coefficient (Wildman–Crippen LogP) is 3.16. The second kappa shape index (κ2) is 8.92. The number of para-hydroxylation sites is 1. The quantitative estimate of drug-likeness (QED) is 0.883. The summed E-state index contributed by atoms with van der Waals surface area (Å²) in [7, 11) is 0. The van der Waals surface area contributed by atoms with Crippen LogP contribution in [0.5, 0.6) is 5.75 Å². The van der Waals surface area contributed by atoms with Gasteiger partial charge in [-0.25, -0.2) is 0 Å². The van der Waals surface area contributed by atoms with E-state index in [0.29, 0.717) is 11.8 Å². The van der Waals surface area contributed by atoms with E-state index in [4.69, 9.17) is 10.5 Å². The fourth-order valence-electron chi connectivity index (χ4n) is 3.27. The molecular formula is C19H25ClN2O. The molecule has 2 aromatic rings. The standard InChI is InChI=1S/C19H24N2O.ClH/c20-13-17-14-21(11-12-22-18-9-5-2-6-10-18)15-19(17)16-7-3-1-4-8-16;/h1-10,17,19H,11-15,20H2;1H/t17-,19+;/m1./s1. The number of hydrogen-bond donors (Lipinski definition) is 1. The number of nitrogens with two attached hydrogens (primary N) is 1. The molecule has 0 aliphatic carbocycles. The third kappa shape index (κ3) is 4.71. The number of halogens is 1. The zero-order valence-corrected chi connectivity index (χ0v) is 14.1. The van der Waals surface area contributed by atoms with Crippen LogP contribution in [-0.2, 0) is 0 Å². The Kier molecular flexibility index (Phi) is 6.90. The van der Waals surface area contributed by atoms with Gasteiger partial charge in [0.05, 0.1) is 0 Å². The number of hydrogen-bond acceptors (Lipinski definition) is 3. The first-order valence-corrected chi connectivity index (χ1v) is 8.02. The first kappa shape index (κ1) is 17.8. The van der Waals surface area contributed by atoms with Crippen molar-refractivity contribution in [3.8, 4) is 5.75 Å². The zero-order valence-electron chi connectivity index (χ0n) is 13.3. The van der Waals surface area contributed by atoms with Crippen LogP contribution in [0.15, 0.2) is 60.7 Å². The van der Waals surface area contributed by atoms with Gasteiger partial charge in [0.25, 0.3) is 0 Å². The van der Waals surface area contributed by atoms with Gasteiger partial charge in [-0.3, -0.25) is 4.90 Å². The van der Waals surface area contributed by atoms with Crippen LogP contribution in [0, 0.1) is 5.92 Å². The smallest absolute Gasteiger partial charge is 0.119 e. The highest BCUT2D eigenvalue weighted by molar-refractivity contribution is 5.85. The Labute approximate surface area is 144 Å². The average Bonchev–Trinajstić information content (AvgIpc) is 3.00. The molecule has 0 amide bonds. The Morgan fingerprint density at radius 3 is 2.26 bits per heavy atom. The highest BCUT2D eigenvalue weighted by Gasteiger charge is 2.32. The molecule has 0 bridgehead atoms. The second-order valence-corrected chi connectivity index (χ2v) is 5.93. The van der Waals surface area contributed by atoms with Gasteiger partial charge in [-0.1, -0.05) is 48.5 Å². The molecule has 0 spiro atoms. The van der Waals surface area contributed by atoms with Gasteiger partial charge in [0, 0.05) is 25.6 Å². The molecule has 1 fully saturated rings. The van der Waals surface area contributed by atoms with E-state index in [-0.39, 0.29) is 12.4 Å². The minimum Gasteiger partial charge on any atom is -0.492 e. The molecule has 2 aromatic carbocycles. The van der Waals surface area contributed by atoms with Gasteiger partial charge in [0.2, 0.25) is 0 Å². The van der Waals surface area contributed by atoms with E-state index in [1.807, 2.05) is 30.3 Å². The molecule has 124 valence electrons. The van der Waals surface area contributed by atoms with Crippen LogP contribution < -0.4 is 10.5 Å². The summed E-state index contributed by atoms with van der Waals surface area (Å²) in [5, 5.41) is 0. The van der Waals surface area contributed by atoms with Crippen molar-refractivity contribution in [2.75, 3.05) is 32.8 Å². The lowest BCUT2D eigenvalue weighted by Gasteiger charge is -2.17. The van der Waals surface area contributed by atoms with Crippen molar-refractivity contribution < 1.29 is 4.74 Å². The van der Waals surface area contributed by atoms with Crippen LogP contribution >= 0.6 is 12.4 Å². The summed E-state index contributed by atoms with van der Waals surface area (Å²) in [6.45, 7) is 4.56. The molecule has 4 heteroatoms. The van der Waals surface area contributed by atoms with E-state index >= 15 is 0 Å². The van der Waals surface area contributed by atoms with Crippen molar-refractivity contribution in [2.24, 2.45) is 11.7 Å². The normalized spacial score (nSPS) is 20.9. The summed E-state index contributed by atoms with van der Waals surface area (Å²) in [6.07, 6.45) is 0. The van der Waals surface area contributed by atoms with E-state index in [1.165, 1.54) is 5.56 Å². The monoisotopic (exact) mass is 332 g/mol. The number of likely N-dealkylation sites (tertiary alicyclic amines) is 1. The third-order valence-electron chi connectivity index (χ3n) is 4.47. The number of benzene rings is 2. The lowest BCUT2D eigenvalue weighted by molar-refractivity contribution is 0.232. The zero-order chi connectivity index (χ0) is 15.2. The molecule has 3 nitrogen and oxygen atoms in total. The lowest BCUT2D eigenvalue weighted by Crippen LogP contribution is -2.27. The van der Waals surface area contributed by atoms with E-state index in [0.717, 1.165) is 38.5 Å². The largest absolute Gasteiger partial charge is 0.492 e. The predicted molar refractivity (Wildman–Crippen MR) is 97.4 cm³/mol. The molecule has 0 saturated carbocycles. The van der Waals surface area contributed by atoms with Crippen LogP contribution in [0.1, 0.15) is 11.5 Å². The van der Waals surface area contributed by atoms with Gasteiger partial charge >= 0.3 is 0 Å². The van der Waals surface area contributed by atoms with Crippen molar-refractivity contribution in [3.05, 3.63) is 66.2 Å². The third-order valence-corrected chi connectivity index (χ3v) is 4.47. The maximum absolute atomic E-state index is 5.99. The Balaban J connectivity index is 0.00000192. The van der Waals surface area contributed by atoms with Gasteiger partial charge < -0.3 is 10.5 Å². The summed E-state index contributed by atoms with van der Waals surface area (Å²) in [5.74, 6) is 2.03. The molecule has 0 radical (unpaired) electrons. The topological polar surface area (TPSA) is 38.5 Å². The molecule has 23 heavy (non-hydrogen) atoms. The minimum absolute atomic E-state index is 0. The summed E-state index contributed by atoms with van der Waals surface area (Å²) < 4.78 is 5.80. The maximum atomic E-state index is 5.99. The molecule has 2 N–H and O–H groups in total. The van der Waals surface area contributed by atoms with E-state index in [1.54, 1.807) is 0 Å². The fraction of sp³-hybridized carbons (Fsp3) is 0.368. The summed E-state index contributed by atoms with van der Waals surface area (Å²) >= 11 is 0. The van der Waals surface area contributed by atoms with Gasteiger partial charge in [0.15, 0.2) is 0 Å².